The van der Waals surface area contributed by atoms with Crippen LogP contribution >= 0.6 is 11.6 Å². The molecule has 1 aromatic carbocycles. The Morgan fingerprint density at radius 3 is 2.22 bits per heavy atom. The Kier molecular flexibility index (Phi) is 5.64. The summed E-state index contributed by atoms with van der Waals surface area (Å²) in [6, 6.07) is 8.56. The van der Waals surface area contributed by atoms with E-state index in [9.17, 15) is 0 Å². The quantitative estimate of drug-likeness (QED) is 0.852. The molecule has 0 spiro atoms. The number of nitrogens with one attached hydrogen (secondary N) is 1. The lowest BCUT2D eigenvalue weighted by molar-refractivity contribution is 0.138. The average Bonchev–Trinajstić information content (AvgIpc) is 2.31. The third-order valence-electron chi connectivity index (χ3n) is 3.81. The Morgan fingerprint density at radius 1 is 1.22 bits per heavy atom. The largest absolute Gasteiger partial charge is 0.312 e. The Bertz CT molecular complexity index is 357. The molecule has 1 aromatic rings. The van der Waals surface area contributed by atoms with Crippen molar-refractivity contribution in [1.29, 1.82) is 0 Å². The number of hydrogen-bond donors (Lipinski definition) is 1. The molecule has 0 saturated heterocycles. The molecule has 0 bridgehead atoms. The molecule has 2 nitrogen and oxygen atoms in total. The Hall–Kier alpha value is -0.570. The summed E-state index contributed by atoms with van der Waals surface area (Å²) in [6.45, 7) is 7.68. The van der Waals surface area contributed by atoms with Crippen LogP contribution in [0.15, 0.2) is 24.3 Å². The van der Waals surface area contributed by atoms with Crippen molar-refractivity contribution in [2.75, 3.05) is 20.6 Å². The maximum absolute atomic E-state index is 5.93. The number of benzene rings is 1. The Labute approximate surface area is 116 Å². The summed E-state index contributed by atoms with van der Waals surface area (Å²) in [5, 5.41) is 4.39. The van der Waals surface area contributed by atoms with Gasteiger partial charge in [0.05, 0.1) is 0 Å². The van der Waals surface area contributed by atoms with Gasteiger partial charge in [-0.25, -0.2) is 0 Å². The van der Waals surface area contributed by atoms with Crippen LogP contribution in [0.3, 0.4) is 0 Å². The van der Waals surface area contributed by atoms with E-state index in [-0.39, 0.29) is 5.54 Å². The molecule has 3 heteroatoms. The van der Waals surface area contributed by atoms with Gasteiger partial charge < -0.3 is 10.2 Å². The summed E-state index contributed by atoms with van der Waals surface area (Å²) >= 11 is 5.93. The van der Waals surface area contributed by atoms with Gasteiger partial charge in [0, 0.05) is 16.6 Å². The van der Waals surface area contributed by atoms with Crippen LogP contribution in [0, 0.1) is 0 Å². The molecule has 1 rings (SSSR count). The van der Waals surface area contributed by atoms with Crippen LogP contribution < -0.4 is 5.32 Å². The molecule has 0 saturated carbocycles. The average molecular weight is 269 g/mol. The molecule has 18 heavy (non-hydrogen) atoms. The highest BCUT2D eigenvalue weighted by Crippen LogP contribution is 2.20. The zero-order valence-corrected chi connectivity index (χ0v) is 12.9. The van der Waals surface area contributed by atoms with Gasteiger partial charge in [-0.1, -0.05) is 30.7 Å². The number of likely N-dealkylation sites (N-methyl/N-ethyl adjacent to an activating group) is 2. The number of halogens is 1. The van der Waals surface area contributed by atoms with Crippen LogP contribution in [0.2, 0.25) is 5.02 Å². The van der Waals surface area contributed by atoms with E-state index in [2.05, 4.69) is 57.2 Å². The highest BCUT2D eigenvalue weighted by Gasteiger charge is 2.30. The van der Waals surface area contributed by atoms with E-state index in [4.69, 9.17) is 11.6 Å². The minimum atomic E-state index is 0.107. The van der Waals surface area contributed by atoms with Crippen LogP contribution in [0.5, 0.6) is 0 Å². The summed E-state index contributed by atoms with van der Waals surface area (Å²) in [6.07, 6.45) is 1.01. The first-order valence-electron chi connectivity index (χ1n) is 6.53. The van der Waals surface area contributed by atoms with Crippen LogP contribution in [-0.4, -0.2) is 37.1 Å². The van der Waals surface area contributed by atoms with Crippen LogP contribution in [0.4, 0.5) is 0 Å². The van der Waals surface area contributed by atoms with Crippen molar-refractivity contribution in [2.24, 2.45) is 0 Å². The molecule has 0 amide bonds. The second-order valence-corrected chi connectivity index (χ2v) is 5.93. The van der Waals surface area contributed by atoms with E-state index >= 15 is 0 Å². The first-order valence-corrected chi connectivity index (χ1v) is 6.91. The van der Waals surface area contributed by atoms with Gasteiger partial charge >= 0.3 is 0 Å². The topological polar surface area (TPSA) is 15.3 Å². The van der Waals surface area contributed by atoms with Gasteiger partial charge in [0.25, 0.3) is 0 Å². The van der Waals surface area contributed by atoms with Gasteiger partial charge in [-0.15, -0.1) is 0 Å². The van der Waals surface area contributed by atoms with Crippen molar-refractivity contribution in [2.45, 2.75) is 38.8 Å². The van der Waals surface area contributed by atoms with E-state index in [1.54, 1.807) is 0 Å². The summed E-state index contributed by atoms with van der Waals surface area (Å²) in [5.74, 6) is 0. The molecule has 1 N–H and O–H groups in total. The lowest BCUT2D eigenvalue weighted by Gasteiger charge is -2.40. The third-order valence-corrected chi connectivity index (χ3v) is 4.06. The fourth-order valence-corrected chi connectivity index (χ4v) is 2.11. The second-order valence-electron chi connectivity index (χ2n) is 5.49. The number of nitrogens with zero attached hydrogens (tertiary/aromatic N) is 1. The lowest BCUT2D eigenvalue weighted by atomic mass is 9.88. The van der Waals surface area contributed by atoms with Crippen molar-refractivity contribution < 1.29 is 0 Å². The minimum Gasteiger partial charge on any atom is -0.312 e. The first kappa shape index (κ1) is 15.5. The normalized spacial score (nSPS) is 13.9. The van der Waals surface area contributed by atoms with E-state index in [0.717, 1.165) is 18.0 Å². The van der Waals surface area contributed by atoms with Gasteiger partial charge in [0.15, 0.2) is 0 Å². The first-order chi connectivity index (χ1) is 8.37. The zero-order chi connectivity index (χ0) is 13.8. The van der Waals surface area contributed by atoms with Crippen molar-refractivity contribution in [3.8, 4) is 0 Å². The molecule has 1 atom stereocenters. The van der Waals surface area contributed by atoms with Gasteiger partial charge in [-0.2, -0.15) is 0 Å². The summed E-state index contributed by atoms with van der Waals surface area (Å²) in [5.41, 5.74) is 1.43. The van der Waals surface area contributed by atoms with Gasteiger partial charge in [0.2, 0.25) is 0 Å². The molecule has 0 radical (unpaired) electrons. The van der Waals surface area contributed by atoms with Crippen LogP contribution in [0.1, 0.15) is 26.3 Å². The number of hydrogen-bond acceptors (Lipinski definition) is 2. The monoisotopic (exact) mass is 268 g/mol. The van der Waals surface area contributed by atoms with Gasteiger partial charge in [-0.3, -0.25) is 0 Å². The van der Waals surface area contributed by atoms with E-state index in [1.165, 1.54) is 5.56 Å². The second kappa shape index (κ2) is 6.55. The summed E-state index contributed by atoms with van der Waals surface area (Å²) in [7, 11) is 4.26. The SMILES string of the molecule is CCNC(Cc1ccc(Cl)cc1)C(C)(C)N(C)C. The van der Waals surface area contributed by atoms with Gasteiger partial charge in [0.1, 0.15) is 0 Å². The van der Waals surface area contributed by atoms with Crippen LogP contribution in [-0.2, 0) is 6.42 Å². The molecule has 0 aromatic heterocycles. The lowest BCUT2D eigenvalue weighted by Crippen LogP contribution is -2.56. The van der Waals surface area contributed by atoms with Crippen molar-refractivity contribution in [3.63, 3.8) is 0 Å². The molecule has 0 aliphatic rings. The predicted octanol–water partition coefficient (Wildman–Crippen LogP) is 3.20. The predicted molar refractivity (Wildman–Crippen MR) is 80.4 cm³/mol. The number of rotatable bonds is 6. The molecule has 0 heterocycles. The maximum Gasteiger partial charge on any atom is 0.0406 e. The highest BCUT2D eigenvalue weighted by molar-refractivity contribution is 6.30. The van der Waals surface area contributed by atoms with Gasteiger partial charge in [-0.05, 0) is 58.6 Å². The summed E-state index contributed by atoms with van der Waals surface area (Å²) < 4.78 is 0. The summed E-state index contributed by atoms with van der Waals surface area (Å²) in [4.78, 5) is 2.27. The minimum absolute atomic E-state index is 0.107. The molecular formula is C15H25ClN2. The van der Waals surface area contributed by atoms with Crippen molar-refractivity contribution in [1.82, 2.24) is 10.2 Å². The standard InChI is InChI=1S/C15H25ClN2/c1-6-17-14(15(2,3)18(4)5)11-12-7-9-13(16)10-8-12/h7-10,14,17H,6,11H2,1-5H3. The Morgan fingerprint density at radius 2 is 1.78 bits per heavy atom. The maximum atomic E-state index is 5.93. The molecule has 0 aliphatic heterocycles. The highest BCUT2D eigenvalue weighted by atomic mass is 35.5. The van der Waals surface area contributed by atoms with E-state index < -0.39 is 0 Å². The molecule has 0 aliphatic carbocycles. The molecule has 0 fully saturated rings. The molecular weight excluding hydrogens is 244 g/mol. The zero-order valence-electron chi connectivity index (χ0n) is 12.1. The fourth-order valence-electron chi connectivity index (χ4n) is 1.99. The fraction of sp³-hybridized carbons (Fsp3) is 0.600. The molecule has 1 unspecified atom stereocenters. The van der Waals surface area contributed by atoms with Crippen LogP contribution in [0.25, 0.3) is 0 Å². The smallest absolute Gasteiger partial charge is 0.0406 e. The van der Waals surface area contributed by atoms with Crippen molar-refractivity contribution >= 4 is 11.6 Å². The third kappa shape index (κ3) is 3.98. The van der Waals surface area contributed by atoms with E-state index in [0.29, 0.717) is 6.04 Å². The van der Waals surface area contributed by atoms with E-state index in [1.807, 2.05) is 12.1 Å². The van der Waals surface area contributed by atoms with Crippen molar-refractivity contribution in [3.05, 3.63) is 34.9 Å². The Balaban J connectivity index is 2.83. The molecule has 102 valence electrons.